The van der Waals surface area contributed by atoms with E-state index in [0.717, 1.165) is 42.3 Å². The van der Waals surface area contributed by atoms with E-state index in [1.165, 1.54) is 16.9 Å². The minimum atomic E-state index is -0.0611. The van der Waals surface area contributed by atoms with Crippen LogP contribution in [0.4, 0.5) is 5.13 Å². The number of pyridine rings is 1. The van der Waals surface area contributed by atoms with Crippen LogP contribution in [-0.4, -0.2) is 29.2 Å². The summed E-state index contributed by atoms with van der Waals surface area (Å²) in [4.78, 5) is 21.4. The number of aromatic amines is 1. The Balaban J connectivity index is 1.44. The number of aryl methyl sites for hydroxylation is 1. The first-order valence-corrected chi connectivity index (χ1v) is 8.98. The maximum atomic E-state index is 11.8. The van der Waals surface area contributed by atoms with Crippen molar-refractivity contribution < 1.29 is 4.74 Å². The van der Waals surface area contributed by atoms with Crippen LogP contribution in [0.5, 0.6) is 5.75 Å². The highest BCUT2D eigenvalue weighted by Gasteiger charge is 2.23. The zero-order valence-corrected chi connectivity index (χ0v) is 14.3. The van der Waals surface area contributed by atoms with Crippen LogP contribution in [0.1, 0.15) is 18.4 Å². The van der Waals surface area contributed by atoms with Gasteiger partial charge in [0.25, 0.3) is 5.56 Å². The van der Waals surface area contributed by atoms with E-state index in [1.807, 2.05) is 24.3 Å². The second-order valence-corrected chi connectivity index (χ2v) is 7.06. The zero-order valence-electron chi connectivity index (χ0n) is 13.5. The summed E-state index contributed by atoms with van der Waals surface area (Å²) in [5.74, 6) is 0.975. The van der Waals surface area contributed by atoms with E-state index < -0.39 is 0 Å². The molecule has 3 heterocycles. The molecule has 24 heavy (non-hydrogen) atoms. The Hall–Kier alpha value is -2.34. The molecule has 1 aliphatic heterocycles. The van der Waals surface area contributed by atoms with Gasteiger partial charge in [-0.15, -0.1) is 0 Å². The van der Waals surface area contributed by atoms with Gasteiger partial charge in [0.2, 0.25) is 0 Å². The predicted octanol–water partition coefficient (Wildman–Crippen LogP) is 3.34. The Morgan fingerprint density at radius 3 is 2.79 bits per heavy atom. The highest BCUT2D eigenvalue weighted by molar-refractivity contribution is 7.22. The summed E-state index contributed by atoms with van der Waals surface area (Å²) in [6.07, 6.45) is 3.80. The van der Waals surface area contributed by atoms with Crippen molar-refractivity contribution in [2.45, 2.75) is 25.9 Å². The molecule has 3 aromatic rings. The number of para-hydroxylation sites is 1. The fourth-order valence-corrected chi connectivity index (χ4v) is 4.03. The lowest BCUT2D eigenvalue weighted by atomic mass is 10.1. The van der Waals surface area contributed by atoms with Crippen LogP contribution in [-0.2, 0) is 0 Å². The number of benzene rings is 1. The summed E-state index contributed by atoms with van der Waals surface area (Å²) in [5, 5.41) is 0.927. The van der Waals surface area contributed by atoms with E-state index in [1.54, 1.807) is 6.20 Å². The zero-order chi connectivity index (χ0) is 16.5. The van der Waals surface area contributed by atoms with Crippen LogP contribution in [0.2, 0.25) is 0 Å². The number of nitrogens with one attached hydrogen (secondary N) is 1. The minimum Gasteiger partial charge on any atom is -0.490 e. The first kappa shape index (κ1) is 15.2. The summed E-state index contributed by atoms with van der Waals surface area (Å²) in [6.45, 7) is 3.87. The van der Waals surface area contributed by atoms with Gasteiger partial charge in [0.05, 0.1) is 5.52 Å². The molecule has 1 aromatic carbocycles. The smallest absolute Gasteiger partial charge is 0.267 e. The van der Waals surface area contributed by atoms with Crippen molar-refractivity contribution in [3.05, 3.63) is 52.4 Å². The molecule has 6 heteroatoms. The first-order chi connectivity index (χ1) is 11.7. The van der Waals surface area contributed by atoms with E-state index in [-0.39, 0.29) is 11.7 Å². The molecule has 0 radical (unpaired) electrons. The summed E-state index contributed by atoms with van der Waals surface area (Å²) in [5.41, 5.74) is 1.89. The fourth-order valence-electron chi connectivity index (χ4n) is 3.03. The van der Waals surface area contributed by atoms with Crippen LogP contribution in [0.25, 0.3) is 10.2 Å². The minimum absolute atomic E-state index is 0.0611. The van der Waals surface area contributed by atoms with E-state index in [2.05, 4.69) is 27.9 Å². The molecule has 5 nitrogen and oxygen atoms in total. The van der Waals surface area contributed by atoms with Crippen LogP contribution < -0.4 is 15.2 Å². The van der Waals surface area contributed by atoms with Crippen LogP contribution in [0, 0.1) is 6.92 Å². The Morgan fingerprint density at radius 1 is 1.25 bits per heavy atom. The van der Waals surface area contributed by atoms with Gasteiger partial charge in [-0.1, -0.05) is 29.5 Å². The second kappa shape index (κ2) is 6.28. The van der Waals surface area contributed by atoms with Crippen molar-refractivity contribution in [3.63, 3.8) is 0 Å². The molecule has 124 valence electrons. The third-order valence-electron chi connectivity index (χ3n) is 4.40. The van der Waals surface area contributed by atoms with Gasteiger partial charge in [-0.2, -0.15) is 0 Å². The van der Waals surface area contributed by atoms with E-state index in [9.17, 15) is 4.79 Å². The van der Waals surface area contributed by atoms with E-state index in [4.69, 9.17) is 4.74 Å². The summed E-state index contributed by atoms with van der Waals surface area (Å²) >= 11 is 1.47. The third-order valence-corrected chi connectivity index (χ3v) is 5.53. The van der Waals surface area contributed by atoms with Gasteiger partial charge in [0.15, 0.2) is 5.13 Å². The summed E-state index contributed by atoms with van der Waals surface area (Å²) in [7, 11) is 0. The molecular weight excluding hydrogens is 322 g/mol. The normalized spacial score (nSPS) is 15.8. The molecule has 0 atom stereocenters. The van der Waals surface area contributed by atoms with Gasteiger partial charge in [0, 0.05) is 32.1 Å². The Morgan fingerprint density at radius 2 is 2.04 bits per heavy atom. The lowest BCUT2D eigenvalue weighted by Crippen LogP contribution is -2.38. The largest absolute Gasteiger partial charge is 0.490 e. The molecule has 4 rings (SSSR count). The maximum Gasteiger partial charge on any atom is 0.267 e. The molecule has 2 aromatic heterocycles. The lowest BCUT2D eigenvalue weighted by molar-refractivity contribution is 0.170. The van der Waals surface area contributed by atoms with E-state index >= 15 is 0 Å². The van der Waals surface area contributed by atoms with Crippen LogP contribution >= 0.6 is 11.3 Å². The average Bonchev–Trinajstić information content (AvgIpc) is 3.03. The van der Waals surface area contributed by atoms with Gasteiger partial charge in [-0.05, 0) is 24.6 Å². The molecule has 0 saturated carbocycles. The number of ether oxygens (including phenoxy) is 1. The number of anilines is 1. The Kier molecular flexibility index (Phi) is 3.98. The SMILES string of the molecule is Cc1ccccc1OC1CCN(c2nc3cc[nH]c(=O)c3s2)CC1. The predicted molar refractivity (Wildman–Crippen MR) is 97.3 cm³/mol. The maximum absolute atomic E-state index is 11.8. The van der Waals surface area contributed by atoms with Crippen molar-refractivity contribution >= 4 is 26.7 Å². The van der Waals surface area contributed by atoms with Gasteiger partial charge < -0.3 is 14.6 Å². The number of H-pyrrole nitrogens is 1. The molecule has 0 unspecified atom stereocenters. The first-order valence-electron chi connectivity index (χ1n) is 8.16. The lowest BCUT2D eigenvalue weighted by Gasteiger charge is -2.32. The highest BCUT2D eigenvalue weighted by Crippen LogP contribution is 2.29. The van der Waals surface area contributed by atoms with Gasteiger partial charge >= 0.3 is 0 Å². The number of piperidine rings is 1. The molecule has 0 aliphatic carbocycles. The van der Waals surface area contributed by atoms with Crippen LogP contribution in [0.3, 0.4) is 0 Å². The average molecular weight is 341 g/mol. The van der Waals surface area contributed by atoms with Crippen molar-refractivity contribution in [2.75, 3.05) is 18.0 Å². The highest BCUT2D eigenvalue weighted by atomic mass is 32.1. The molecular formula is C18H19N3O2S. The van der Waals surface area contributed by atoms with Crippen molar-refractivity contribution in [2.24, 2.45) is 0 Å². The quantitative estimate of drug-likeness (QED) is 0.794. The second-order valence-electron chi connectivity index (χ2n) is 6.09. The number of fused-ring (bicyclic) bond motifs is 1. The monoisotopic (exact) mass is 341 g/mol. The number of nitrogens with zero attached hydrogens (tertiary/aromatic N) is 2. The molecule has 1 fully saturated rings. The van der Waals surface area contributed by atoms with Gasteiger partial charge in [-0.25, -0.2) is 4.98 Å². The molecule has 0 bridgehead atoms. The van der Waals surface area contributed by atoms with Crippen molar-refractivity contribution in [1.29, 1.82) is 0 Å². The molecule has 1 N–H and O–H groups in total. The Labute approximate surface area is 143 Å². The van der Waals surface area contributed by atoms with Crippen molar-refractivity contribution in [3.8, 4) is 5.75 Å². The summed E-state index contributed by atoms with van der Waals surface area (Å²) < 4.78 is 6.85. The van der Waals surface area contributed by atoms with Crippen LogP contribution in [0.15, 0.2) is 41.3 Å². The Bertz CT molecular complexity index is 910. The number of thiazole rings is 1. The number of hydrogen-bond donors (Lipinski definition) is 1. The standard InChI is InChI=1S/C18H19N3O2S/c1-12-4-2-3-5-15(12)23-13-7-10-21(11-8-13)18-20-14-6-9-19-17(22)16(14)24-18/h2-6,9,13H,7-8,10-11H2,1H3,(H,19,22). The fraction of sp³-hybridized carbons (Fsp3) is 0.333. The topological polar surface area (TPSA) is 58.2 Å². The van der Waals surface area contributed by atoms with E-state index in [0.29, 0.717) is 4.70 Å². The number of rotatable bonds is 3. The molecule has 0 amide bonds. The summed E-state index contributed by atoms with van der Waals surface area (Å²) in [6, 6.07) is 9.99. The van der Waals surface area contributed by atoms with Crippen molar-refractivity contribution in [1.82, 2.24) is 9.97 Å². The third kappa shape index (κ3) is 2.89. The molecule has 1 saturated heterocycles. The molecule has 1 aliphatic rings. The van der Waals surface area contributed by atoms with Gasteiger partial charge in [0.1, 0.15) is 16.6 Å². The molecule has 0 spiro atoms. The number of hydrogen-bond acceptors (Lipinski definition) is 5. The van der Waals surface area contributed by atoms with Gasteiger partial charge in [-0.3, -0.25) is 4.79 Å². The number of aromatic nitrogens is 2.